The van der Waals surface area contributed by atoms with E-state index in [1.807, 2.05) is 0 Å². The summed E-state index contributed by atoms with van der Waals surface area (Å²) >= 11 is 3.57. The van der Waals surface area contributed by atoms with Crippen molar-refractivity contribution in [1.82, 2.24) is 5.32 Å². The first kappa shape index (κ1) is 15.3. The van der Waals surface area contributed by atoms with Crippen molar-refractivity contribution in [2.75, 3.05) is 6.54 Å². The van der Waals surface area contributed by atoms with Gasteiger partial charge in [0.1, 0.15) is 11.5 Å². The van der Waals surface area contributed by atoms with Gasteiger partial charge in [-0.15, -0.1) is 0 Å². The smallest absolute Gasteiger partial charge is 0.134 e. The third-order valence-corrected chi connectivity index (χ3v) is 4.22. The molecule has 2 aromatic rings. The molecular formula is C17H22BrNO. The van der Waals surface area contributed by atoms with Crippen LogP contribution in [0.5, 0.6) is 0 Å². The predicted molar refractivity (Wildman–Crippen MR) is 88.0 cm³/mol. The molecule has 0 spiro atoms. The van der Waals surface area contributed by atoms with Crippen LogP contribution in [0.4, 0.5) is 0 Å². The Kier molecular flexibility index (Phi) is 5.44. The molecule has 0 radical (unpaired) electrons. The van der Waals surface area contributed by atoms with Crippen molar-refractivity contribution in [3.63, 3.8) is 0 Å². The van der Waals surface area contributed by atoms with Crippen LogP contribution in [0.25, 0.3) is 11.3 Å². The number of furan rings is 1. The minimum atomic E-state index is 0.443. The normalized spacial score (nSPS) is 12.6. The zero-order chi connectivity index (χ0) is 14.5. The number of rotatable bonds is 6. The molecule has 1 aromatic carbocycles. The highest BCUT2D eigenvalue weighted by Gasteiger charge is 2.09. The summed E-state index contributed by atoms with van der Waals surface area (Å²) in [6, 6.07) is 10.9. The summed E-state index contributed by atoms with van der Waals surface area (Å²) in [5, 5.41) is 3.48. The maximum atomic E-state index is 5.95. The van der Waals surface area contributed by atoms with E-state index in [1.54, 1.807) is 0 Å². The van der Waals surface area contributed by atoms with Gasteiger partial charge in [-0.05, 0) is 50.6 Å². The van der Waals surface area contributed by atoms with Crippen LogP contribution >= 0.6 is 15.9 Å². The summed E-state index contributed by atoms with van der Waals surface area (Å²) in [5.74, 6) is 1.97. The molecule has 0 aliphatic rings. The Labute approximate surface area is 129 Å². The molecule has 3 heteroatoms. The average molecular weight is 336 g/mol. The highest BCUT2D eigenvalue weighted by Crippen LogP contribution is 2.27. The van der Waals surface area contributed by atoms with Crippen molar-refractivity contribution in [2.24, 2.45) is 0 Å². The monoisotopic (exact) mass is 335 g/mol. The van der Waals surface area contributed by atoms with E-state index >= 15 is 0 Å². The fraction of sp³-hybridized carbons (Fsp3) is 0.412. The summed E-state index contributed by atoms with van der Waals surface area (Å²) in [7, 11) is 0. The predicted octanol–water partition coefficient (Wildman–Crippen LogP) is 4.95. The molecule has 0 aliphatic heterocycles. The van der Waals surface area contributed by atoms with Gasteiger partial charge in [-0.2, -0.15) is 0 Å². The minimum Gasteiger partial charge on any atom is -0.461 e. The summed E-state index contributed by atoms with van der Waals surface area (Å²) in [6.45, 7) is 7.52. The fourth-order valence-electron chi connectivity index (χ4n) is 2.15. The number of hydrogen-bond acceptors (Lipinski definition) is 2. The maximum absolute atomic E-state index is 5.95. The van der Waals surface area contributed by atoms with Gasteiger partial charge in [0.05, 0.1) is 0 Å². The third-order valence-electron chi connectivity index (χ3n) is 3.37. The van der Waals surface area contributed by atoms with Crippen LogP contribution < -0.4 is 5.32 Å². The lowest BCUT2D eigenvalue weighted by Gasteiger charge is -2.11. The quantitative estimate of drug-likeness (QED) is 0.808. The van der Waals surface area contributed by atoms with E-state index in [-0.39, 0.29) is 0 Å². The number of nitrogens with one attached hydrogen (secondary N) is 1. The van der Waals surface area contributed by atoms with Crippen LogP contribution in [0.2, 0.25) is 0 Å². The number of hydrogen-bond donors (Lipinski definition) is 1. The molecule has 0 amide bonds. The van der Waals surface area contributed by atoms with E-state index in [0.717, 1.165) is 40.9 Å². The Balaban J connectivity index is 2.06. The van der Waals surface area contributed by atoms with Crippen LogP contribution in [0.1, 0.15) is 31.6 Å². The number of benzene rings is 1. The lowest BCUT2D eigenvalue weighted by molar-refractivity contribution is 0.464. The molecule has 0 saturated carbocycles. The van der Waals surface area contributed by atoms with Crippen LogP contribution in [0.3, 0.4) is 0 Å². The van der Waals surface area contributed by atoms with Gasteiger partial charge >= 0.3 is 0 Å². The van der Waals surface area contributed by atoms with E-state index in [2.05, 4.69) is 72.3 Å². The largest absolute Gasteiger partial charge is 0.461 e. The second-order valence-electron chi connectivity index (χ2n) is 5.29. The molecule has 0 saturated heterocycles. The van der Waals surface area contributed by atoms with Crippen molar-refractivity contribution in [3.8, 4) is 11.3 Å². The molecule has 0 fully saturated rings. The Morgan fingerprint density at radius 3 is 2.75 bits per heavy atom. The van der Waals surface area contributed by atoms with Gasteiger partial charge in [0.25, 0.3) is 0 Å². The molecule has 1 atom stereocenters. The topological polar surface area (TPSA) is 25.2 Å². The van der Waals surface area contributed by atoms with E-state index in [0.29, 0.717) is 6.04 Å². The first-order valence-electron chi connectivity index (χ1n) is 7.18. The Bertz CT molecular complexity index is 562. The van der Waals surface area contributed by atoms with Crippen LogP contribution in [-0.4, -0.2) is 12.6 Å². The van der Waals surface area contributed by atoms with E-state index in [4.69, 9.17) is 4.42 Å². The molecule has 1 heterocycles. The van der Waals surface area contributed by atoms with Crippen molar-refractivity contribution in [2.45, 2.75) is 39.7 Å². The van der Waals surface area contributed by atoms with E-state index in [1.165, 1.54) is 5.56 Å². The highest BCUT2D eigenvalue weighted by molar-refractivity contribution is 9.10. The Hall–Kier alpha value is -1.06. The van der Waals surface area contributed by atoms with Crippen LogP contribution in [0, 0.1) is 6.92 Å². The van der Waals surface area contributed by atoms with Gasteiger partial charge in [0.2, 0.25) is 0 Å². The van der Waals surface area contributed by atoms with Crippen molar-refractivity contribution < 1.29 is 4.42 Å². The summed E-state index contributed by atoms with van der Waals surface area (Å²) in [4.78, 5) is 0. The van der Waals surface area contributed by atoms with E-state index in [9.17, 15) is 0 Å². The minimum absolute atomic E-state index is 0.443. The van der Waals surface area contributed by atoms with Gasteiger partial charge < -0.3 is 9.73 Å². The molecule has 1 aromatic heterocycles. The molecule has 2 rings (SSSR count). The molecule has 20 heavy (non-hydrogen) atoms. The Morgan fingerprint density at radius 1 is 1.25 bits per heavy atom. The van der Waals surface area contributed by atoms with Crippen molar-refractivity contribution >= 4 is 15.9 Å². The SMILES string of the molecule is CCCNC(C)Cc1ccc(-c2ccc(C)c(Br)c2)o1. The molecule has 0 bridgehead atoms. The van der Waals surface area contributed by atoms with Gasteiger partial charge in [0.15, 0.2) is 0 Å². The highest BCUT2D eigenvalue weighted by atomic mass is 79.9. The number of aryl methyl sites for hydroxylation is 1. The van der Waals surface area contributed by atoms with Crippen molar-refractivity contribution in [1.29, 1.82) is 0 Å². The van der Waals surface area contributed by atoms with Gasteiger partial charge in [-0.3, -0.25) is 0 Å². The zero-order valence-corrected chi connectivity index (χ0v) is 14.0. The first-order valence-corrected chi connectivity index (χ1v) is 7.98. The maximum Gasteiger partial charge on any atom is 0.134 e. The van der Waals surface area contributed by atoms with Crippen LogP contribution in [-0.2, 0) is 6.42 Å². The third kappa shape index (κ3) is 3.97. The molecular weight excluding hydrogens is 314 g/mol. The standard InChI is InChI=1S/C17H22BrNO/c1-4-9-19-13(3)10-15-7-8-17(20-15)14-6-5-12(2)16(18)11-14/h5-8,11,13,19H,4,9-10H2,1-3H3. The summed E-state index contributed by atoms with van der Waals surface area (Å²) in [5.41, 5.74) is 2.35. The summed E-state index contributed by atoms with van der Waals surface area (Å²) < 4.78 is 7.07. The lowest BCUT2D eigenvalue weighted by Crippen LogP contribution is -2.28. The molecule has 1 N–H and O–H groups in total. The van der Waals surface area contributed by atoms with Crippen LogP contribution in [0.15, 0.2) is 39.2 Å². The van der Waals surface area contributed by atoms with Gasteiger partial charge in [-0.25, -0.2) is 0 Å². The second kappa shape index (κ2) is 7.09. The number of halogens is 1. The zero-order valence-electron chi connectivity index (χ0n) is 12.4. The Morgan fingerprint density at radius 2 is 2.05 bits per heavy atom. The molecule has 2 nitrogen and oxygen atoms in total. The second-order valence-corrected chi connectivity index (χ2v) is 6.14. The summed E-state index contributed by atoms with van der Waals surface area (Å²) in [6.07, 6.45) is 2.08. The van der Waals surface area contributed by atoms with E-state index < -0.39 is 0 Å². The first-order chi connectivity index (χ1) is 9.60. The lowest BCUT2D eigenvalue weighted by atomic mass is 10.1. The fourth-order valence-corrected chi connectivity index (χ4v) is 2.53. The average Bonchev–Trinajstić information content (AvgIpc) is 2.88. The molecule has 1 unspecified atom stereocenters. The van der Waals surface area contributed by atoms with Gasteiger partial charge in [-0.1, -0.05) is 35.0 Å². The molecule has 0 aliphatic carbocycles. The van der Waals surface area contributed by atoms with Crippen molar-refractivity contribution in [3.05, 3.63) is 46.1 Å². The van der Waals surface area contributed by atoms with Gasteiger partial charge in [0, 0.05) is 22.5 Å². The molecule has 108 valence electrons.